The second-order valence-corrected chi connectivity index (χ2v) is 22.3. The molecule has 18 nitrogen and oxygen atoms in total. The second kappa shape index (κ2) is 25.9. The molecule has 1 aliphatic rings. The van der Waals surface area contributed by atoms with Crippen molar-refractivity contribution in [3.63, 3.8) is 0 Å². The van der Waals surface area contributed by atoms with Crippen LogP contribution in [0.4, 0.5) is 30.4 Å². The van der Waals surface area contributed by atoms with Gasteiger partial charge in [0.25, 0.3) is 5.91 Å². The van der Waals surface area contributed by atoms with E-state index in [1.807, 2.05) is 52.0 Å². The number of rotatable bonds is 22. The van der Waals surface area contributed by atoms with Gasteiger partial charge in [-0.15, -0.1) is 11.3 Å². The fraction of sp³-hybridized carbons (Fsp3) is 0.373. The van der Waals surface area contributed by atoms with Crippen LogP contribution in [0.1, 0.15) is 111 Å². The van der Waals surface area contributed by atoms with Crippen LogP contribution >= 0.6 is 11.3 Å². The molecule has 81 heavy (non-hydrogen) atoms. The maximum Gasteiger partial charge on any atom is 0.416 e. The van der Waals surface area contributed by atoms with Gasteiger partial charge in [0.15, 0.2) is 5.82 Å². The Kier molecular flexibility index (Phi) is 18.8. The summed E-state index contributed by atoms with van der Waals surface area (Å²) in [6.07, 6.45) is 3.04. The predicted octanol–water partition coefficient (Wildman–Crippen LogP) is 9.94. The van der Waals surface area contributed by atoms with E-state index in [2.05, 4.69) is 46.9 Å². The largest absolute Gasteiger partial charge is 0.416 e. The Labute approximate surface area is 470 Å². The zero-order valence-electron chi connectivity index (χ0n) is 45.7. The van der Waals surface area contributed by atoms with Crippen LogP contribution in [0.25, 0.3) is 32.5 Å². The number of hydrogen-bond acceptors (Lipinski definition) is 11. The number of fused-ring (bicyclic) bond motifs is 1. The molecule has 0 spiro atoms. The summed E-state index contributed by atoms with van der Waals surface area (Å²) in [5, 5.41) is 36.7. The van der Waals surface area contributed by atoms with Crippen LogP contribution in [0.5, 0.6) is 0 Å². The number of alkyl halides is 3. The number of unbranched alkanes of at least 4 members (excludes halogenated alkanes) is 5. The molecule has 4 aromatic carbocycles. The van der Waals surface area contributed by atoms with Crippen molar-refractivity contribution < 1.29 is 47.0 Å². The quantitative estimate of drug-likeness (QED) is 0.0317. The lowest BCUT2D eigenvalue weighted by molar-refractivity contribution is -0.144. The first-order valence-corrected chi connectivity index (χ1v) is 27.7. The molecular weight excluding hydrogens is 1060 g/mol. The van der Waals surface area contributed by atoms with E-state index in [-0.39, 0.29) is 61.4 Å². The molecule has 0 bridgehead atoms. The van der Waals surface area contributed by atoms with Crippen LogP contribution in [-0.2, 0) is 43.2 Å². The van der Waals surface area contributed by atoms with Gasteiger partial charge in [0, 0.05) is 66.4 Å². The van der Waals surface area contributed by atoms with E-state index in [4.69, 9.17) is 0 Å². The van der Waals surface area contributed by atoms with Gasteiger partial charge in [0.1, 0.15) is 18.6 Å². The summed E-state index contributed by atoms with van der Waals surface area (Å²) in [5.74, 6) is -1.86. The zero-order valence-corrected chi connectivity index (χ0v) is 46.5. The van der Waals surface area contributed by atoms with Gasteiger partial charge in [0.05, 0.1) is 39.5 Å². The lowest BCUT2D eigenvalue weighted by Gasteiger charge is -2.35. The zero-order chi connectivity index (χ0) is 58.0. The van der Waals surface area contributed by atoms with Gasteiger partial charge in [-0.25, -0.2) is 4.98 Å². The van der Waals surface area contributed by atoms with Gasteiger partial charge in [-0.3, -0.25) is 38.5 Å². The Balaban J connectivity index is 0.708. The van der Waals surface area contributed by atoms with Crippen molar-refractivity contribution >= 4 is 74.9 Å². The molecule has 1 saturated heterocycles. The molecule has 7 N–H and O–H groups in total. The minimum atomic E-state index is -4.55. The Hall–Kier alpha value is -8.24. The highest BCUT2D eigenvalue weighted by atomic mass is 32.1. The molecule has 3 atom stereocenters. The third-order valence-corrected chi connectivity index (χ3v) is 15.1. The number of nitrogens with one attached hydrogen (secondary N) is 6. The van der Waals surface area contributed by atoms with Gasteiger partial charge < -0.3 is 36.6 Å². The molecule has 0 radical (unpaired) electrons. The topological polar surface area (TPSA) is 245 Å². The first-order valence-electron chi connectivity index (χ1n) is 26.8. The minimum Gasteiger partial charge on any atom is -0.391 e. The van der Waals surface area contributed by atoms with Crippen molar-refractivity contribution in [1.82, 2.24) is 40.5 Å². The number of aromatic nitrogens is 5. The molecule has 0 saturated carbocycles. The fourth-order valence-electron chi connectivity index (χ4n) is 9.65. The average Bonchev–Trinajstić information content (AvgIpc) is 4.40. The van der Waals surface area contributed by atoms with Crippen LogP contribution in [0.3, 0.4) is 0 Å². The molecule has 0 aliphatic carbocycles. The Bertz CT molecular complexity index is 3390. The fourth-order valence-corrected chi connectivity index (χ4v) is 10.5. The van der Waals surface area contributed by atoms with E-state index >= 15 is 0 Å². The third kappa shape index (κ3) is 15.6. The molecule has 6 amide bonds. The molecule has 3 aromatic heterocycles. The number of halogens is 3. The van der Waals surface area contributed by atoms with Crippen molar-refractivity contribution in [3.05, 3.63) is 131 Å². The Morgan fingerprint density at radius 2 is 1.44 bits per heavy atom. The minimum absolute atomic E-state index is 0.00770. The van der Waals surface area contributed by atoms with Crippen molar-refractivity contribution in [1.29, 1.82) is 0 Å². The first kappa shape index (κ1) is 58.9. The number of benzene rings is 4. The molecule has 22 heteroatoms. The smallest absolute Gasteiger partial charge is 0.391 e. The van der Waals surface area contributed by atoms with E-state index in [0.717, 1.165) is 59.0 Å². The van der Waals surface area contributed by atoms with E-state index < -0.39 is 53.1 Å². The Morgan fingerprint density at radius 3 is 2.12 bits per heavy atom. The Morgan fingerprint density at radius 1 is 0.778 bits per heavy atom. The van der Waals surface area contributed by atoms with E-state index in [0.29, 0.717) is 52.8 Å². The number of carbonyl (C=O) groups excluding carboxylic acids is 6. The molecule has 1 fully saturated rings. The number of nitrogens with zero attached hydrogens (tertiary/aromatic N) is 5. The average molecular weight is 1130 g/mol. The van der Waals surface area contributed by atoms with E-state index in [1.54, 1.807) is 71.7 Å². The summed E-state index contributed by atoms with van der Waals surface area (Å²) in [4.78, 5) is 86.2. The van der Waals surface area contributed by atoms with Crippen LogP contribution in [0, 0.1) is 19.3 Å². The number of amides is 6. The number of aliphatic hydroxyl groups excluding tert-OH is 1. The lowest BCUT2D eigenvalue weighted by atomic mass is 9.85. The van der Waals surface area contributed by atoms with Gasteiger partial charge in [-0.1, -0.05) is 82.9 Å². The number of H-pyrrole nitrogens is 1. The van der Waals surface area contributed by atoms with Crippen molar-refractivity contribution in [3.8, 4) is 21.6 Å². The van der Waals surface area contributed by atoms with Crippen LogP contribution in [0.15, 0.2) is 103 Å². The molecule has 8 rings (SSSR count). The molecular formula is C59H66F3N11O7S. The van der Waals surface area contributed by atoms with Crippen LogP contribution < -0.4 is 26.6 Å². The summed E-state index contributed by atoms with van der Waals surface area (Å²) in [7, 11) is 0. The number of aryl methyl sites for hydroxylation is 2. The van der Waals surface area contributed by atoms with Crippen molar-refractivity contribution in [2.75, 3.05) is 22.5 Å². The predicted molar refractivity (Wildman–Crippen MR) is 304 cm³/mol. The van der Waals surface area contributed by atoms with Crippen LogP contribution in [-0.4, -0.2) is 95.1 Å². The standard InChI is InChI=1S/C59H66F3N11O7S/c1-35-14-22-43(27-46(35)59(60,61)62)67-51(77)33-72-31-41(30-65-72)40-21-25-45-47(26-40)70-71-54(45)69-55(78)39-19-23-42(24-20-39)66-49(75)12-10-8-6-7-9-11-13-50(76)68-53(58(3,4)5)57(80)73-32-44(74)28-48(73)56(79)63-29-37-15-17-38(18-16-37)52-36(2)64-34-81-52/h14-27,30-31,34,44,48,53,74H,6-13,28-29,32-33H2,1-5H3,(H,63,79)(H,66,75)(H,67,77)(H,68,76)(H2,69,70,71,78)/t44-,48+,53-/m1/s1. The number of β-amino-alcohol motifs (C(OH)–C–C–N with tert-alkyl or cyclic N) is 1. The number of carbonyl (C=O) groups is 6. The highest BCUT2D eigenvalue weighted by Gasteiger charge is 2.44. The van der Waals surface area contributed by atoms with Gasteiger partial charge in [-0.2, -0.15) is 23.4 Å². The monoisotopic (exact) mass is 1130 g/mol. The summed E-state index contributed by atoms with van der Waals surface area (Å²) in [6.45, 7) is 8.89. The summed E-state index contributed by atoms with van der Waals surface area (Å²) < 4.78 is 41.4. The lowest BCUT2D eigenvalue weighted by Crippen LogP contribution is -2.57. The van der Waals surface area contributed by atoms with Crippen molar-refractivity contribution in [2.24, 2.45) is 5.41 Å². The highest BCUT2D eigenvalue weighted by Crippen LogP contribution is 2.34. The van der Waals surface area contributed by atoms with Gasteiger partial charge >= 0.3 is 6.18 Å². The van der Waals surface area contributed by atoms with Gasteiger partial charge in [-0.05, 0) is 103 Å². The summed E-state index contributed by atoms with van der Waals surface area (Å²) in [5.41, 5.74) is 6.17. The number of aliphatic hydroxyl groups is 1. The number of aromatic amines is 1. The summed E-state index contributed by atoms with van der Waals surface area (Å²) >= 11 is 1.56. The molecule has 1 aliphatic heterocycles. The molecule has 4 heterocycles. The SMILES string of the molecule is Cc1ccc(NC(=O)Cn2cc(-c3ccc4c(NC(=O)c5ccc(NC(=O)CCCCCCCCC(=O)N[C@H](C(=O)N6C[C@H](O)C[C@H]6C(=O)NCc6ccc(-c7scnc7C)cc6)C(C)(C)C)cc5)n[nH]c4c3)cn2)cc1C(F)(F)F. The van der Waals surface area contributed by atoms with Crippen molar-refractivity contribution in [2.45, 2.75) is 130 Å². The summed E-state index contributed by atoms with van der Waals surface area (Å²) in [6, 6.07) is 21.5. The number of likely N-dealkylation sites (tertiary alicyclic amines) is 1. The normalized spacial score (nSPS) is 14.9. The number of thiazole rings is 1. The molecule has 426 valence electrons. The van der Waals surface area contributed by atoms with E-state index in [1.165, 1.54) is 28.6 Å². The highest BCUT2D eigenvalue weighted by molar-refractivity contribution is 7.13. The van der Waals surface area contributed by atoms with Crippen LogP contribution in [0.2, 0.25) is 0 Å². The first-order chi connectivity index (χ1) is 38.6. The number of hydrogen-bond donors (Lipinski definition) is 7. The molecule has 7 aromatic rings. The number of anilines is 3. The van der Waals surface area contributed by atoms with E-state index in [9.17, 15) is 47.0 Å². The van der Waals surface area contributed by atoms with Gasteiger partial charge in [0.2, 0.25) is 29.5 Å². The molecule has 0 unspecified atom stereocenters. The maximum absolute atomic E-state index is 14.0. The second-order valence-electron chi connectivity index (χ2n) is 21.5. The maximum atomic E-state index is 14.0. The third-order valence-electron chi connectivity index (χ3n) is 14.1.